The number of aromatic carboxylic acids is 1. The third-order valence-electron chi connectivity index (χ3n) is 2.79. The fourth-order valence-electron chi connectivity index (χ4n) is 1.85. The van der Waals surface area contributed by atoms with Gasteiger partial charge in [0.25, 0.3) is 0 Å². The first kappa shape index (κ1) is 13.1. The van der Waals surface area contributed by atoms with Crippen molar-refractivity contribution in [3.8, 4) is 11.1 Å². The molecule has 0 saturated heterocycles. The van der Waals surface area contributed by atoms with E-state index in [1.165, 1.54) is 25.1 Å². The first-order valence-electron chi connectivity index (χ1n) is 5.39. The van der Waals surface area contributed by atoms with Gasteiger partial charge in [0.05, 0.1) is 11.1 Å². The molecule has 0 saturated carbocycles. The predicted molar refractivity (Wildman–Crippen MR) is 63.4 cm³/mol. The lowest BCUT2D eigenvalue weighted by Crippen LogP contribution is -2.00. The van der Waals surface area contributed by atoms with E-state index in [-0.39, 0.29) is 11.1 Å². The van der Waals surface area contributed by atoms with Crippen molar-refractivity contribution in [2.45, 2.75) is 6.92 Å². The highest BCUT2D eigenvalue weighted by atomic mass is 19.2. The van der Waals surface area contributed by atoms with Gasteiger partial charge >= 0.3 is 5.97 Å². The molecule has 0 heterocycles. The minimum Gasteiger partial charge on any atom is -0.478 e. The summed E-state index contributed by atoms with van der Waals surface area (Å²) in [5.74, 6) is -4.48. The maximum Gasteiger partial charge on any atom is 0.335 e. The van der Waals surface area contributed by atoms with Gasteiger partial charge in [-0.2, -0.15) is 0 Å². The van der Waals surface area contributed by atoms with Crippen molar-refractivity contribution in [1.82, 2.24) is 0 Å². The lowest BCUT2D eigenvalue weighted by Gasteiger charge is -2.10. The fraction of sp³-hybridized carbons (Fsp3) is 0.0714. The number of carbonyl (C=O) groups is 1. The number of aryl methyl sites for hydroxylation is 1. The highest BCUT2D eigenvalue weighted by molar-refractivity contribution is 5.89. The molecular weight excluding hydrogens is 257 g/mol. The van der Waals surface area contributed by atoms with E-state index in [0.717, 1.165) is 6.07 Å². The fourth-order valence-corrected chi connectivity index (χ4v) is 1.85. The standard InChI is InChI=1S/C14H9F3O2/c1-7-6-8(14(18)19)2-3-9(7)12-10(15)4-5-11(16)13(12)17/h2-6H,1H3,(H,18,19). The van der Waals surface area contributed by atoms with Gasteiger partial charge in [0, 0.05) is 0 Å². The summed E-state index contributed by atoms with van der Waals surface area (Å²) in [6, 6.07) is 5.29. The lowest BCUT2D eigenvalue weighted by molar-refractivity contribution is 0.0697. The SMILES string of the molecule is Cc1cc(C(=O)O)ccc1-c1c(F)ccc(F)c1F. The van der Waals surface area contributed by atoms with Crippen LogP contribution in [0, 0.1) is 24.4 Å². The smallest absolute Gasteiger partial charge is 0.335 e. The molecule has 98 valence electrons. The average molecular weight is 266 g/mol. The largest absolute Gasteiger partial charge is 0.478 e. The van der Waals surface area contributed by atoms with Crippen molar-refractivity contribution in [1.29, 1.82) is 0 Å². The van der Waals surface area contributed by atoms with Crippen LogP contribution in [0.5, 0.6) is 0 Å². The summed E-state index contributed by atoms with van der Waals surface area (Å²) >= 11 is 0. The van der Waals surface area contributed by atoms with Crippen LogP contribution in [0.15, 0.2) is 30.3 Å². The molecule has 0 amide bonds. The van der Waals surface area contributed by atoms with Crippen LogP contribution in [-0.4, -0.2) is 11.1 Å². The molecule has 19 heavy (non-hydrogen) atoms. The molecule has 0 unspecified atom stereocenters. The highest BCUT2D eigenvalue weighted by Crippen LogP contribution is 2.30. The molecule has 0 atom stereocenters. The number of rotatable bonds is 2. The molecule has 0 spiro atoms. The summed E-state index contributed by atoms with van der Waals surface area (Å²) in [5.41, 5.74) is -0.0179. The molecule has 0 radical (unpaired) electrons. The molecular formula is C14H9F3O2. The van der Waals surface area contributed by atoms with Crippen molar-refractivity contribution in [2.75, 3.05) is 0 Å². The first-order chi connectivity index (χ1) is 8.91. The second-order valence-electron chi connectivity index (χ2n) is 4.05. The molecule has 2 aromatic carbocycles. The average Bonchev–Trinajstić information content (AvgIpc) is 2.36. The number of halogens is 3. The number of hydrogen-bond acceptors (Lipinski definition) is 1. The number of hydrogen-bond donors (Lipinski definition) is 1. The van der Waals surface area contributed by atoms with E-state index in [1.54, 1.807) is 0 Å². The Labute approximate surface area is 107 Å². The van der Waals surface area contributed by atoms with Crippen LogP contribution in [0.4, 0.5) is 13.2 Å². The van der Waals surface area contributed by atoms with E-state index in [1.807, 2.05) is 0 Å². The number of carboxylic acids is 1. The molecule has 5 heteroatoms. The van der Waals surface area contributed by atoms with Gasteiger partial charge in [-0.25, -0.2) is 18.0 Å². The summed E-state index contributed by atoms with van der Waals surface area (Å²) in [5, 5.41) is 8.82. The first-order valence-corrected chi connectivity index (χ1v) is 5.39. The minimum atomic E-state index is -1.29. The zero-order valence-corrected chi connectivity index (χ0v) is 9.88. The Kier molecular flexibility index (Phi) is 3.29. The molecule has 2 aromatic rings. The van der Waals surface area contributed by atoms with Crippen molar-refractivity contribution in [3.63, 3.8) is 0 Å². The quantitative estimate of drug-likeness (QED) is 0.840. The molecule has 0 aromatic heterocycles. The number of carboxylic acid groups (broad SMARTS) is 1. The molecule has 2 nitrogen and oxygen atoms in total. The van der Waals surface area contributed by atoms with Crippen LogP contribution in [0.2, 0.25) is 0 Å². The van der Waals surface area contributed by atoms with Gasteiger partial charge in [-0.3, -0.25) is 0 Å². The van der Waals surface area contributed by atoms with Crippen LogP contribution in [0.3, 0.4) is 0 Å². The van der Waals surface area contributed by atoms with E-state index in [2.05, 4.69) is 0 Å². The Morgan fingerprint density at radius 3 is 2.26 bits per heavy atom. The second kappa shape index (κ2) is 4.76. The normalized spacial score (nSPS) is 10.5. The topological polar surface area (TPSA) is 37.3 Å². The monoisotopic (exact) mass is 266 g/mol. The van der Waals surface area contributed by atoms with E-state index in [0.29, 0.717) is 11.6 Å². The zero-order chi connectivity index (χ0) is 14.2. The maximum absolute atomic E-state index is 13.7. The molecule has 0 aliphatic carbocycles. The van der Waals surface area contributed by atoms with Crippen molar-refractivity contribution < 1.29 is 23.1 Å². The van der Waals surface area contributed by atoms with Crippen LogP contribution in [0.1, 0.15) is 15.9 Å². The van der Waals surface area contributed by atoms with Gasteiger partial charge in [-0.15, -0.1) is 0 Å². The van der Waals surface area contributed by atoms with E-state index >= 15 is 0 Å². The summed E-state index contributed by atoms with van der Waals surface area (Å²) in [6.45, 7) is 1.51. The number of benzene rings is 2. The van der Waals surface area contributed by atoms with Crippen molar-refractivity contribution in [2.24, 2.45) is 0 Å². The maximum atomic E-state index is 13.7. The Hall–Kier alpha value is -2.30. The van der Waals surface area contributed by atoms with Crippen molar-refractivity contribution in [3.05, 3.63) is 58.9 Å². The Balaban J connectivity index is 2.66. The predicted octanol–water partition coefficient (Wildman–Crippen LogP) is 3.78. The van der Waals surface area contributed by atoms with Crippen LogP contribution in [0.25, 0.3) is 11.1 Å². The van der Waals surface area contributed by atoms with Gasteiger partial charge in [0.1, 0.15) is 5.82 Å². The summed E-state index contributed by atoms with van der Waals surface area (Å²) in [4.78, 5) is 10.8. The Morgan fingerprint density at radius 1 is 1.05 bits per heavy atom. The van der Waals surface area contributed by atoms with Gasteiger partial charge in [0.2, 0.25) is 0 Å². The molecule has 0 bridgehead atoms. The van der Waals surface area contributed by atoms with E-state index in [4.69, 9.17) is 5.11 Å². The van der Waals surface area contributed by atoms with Crippen LogP contribution >= 0.6 is 0 Å². The molecule has 2 rings (SSSR count). The summed E-state index contributed by atoms with van der Waals surface area (Å²) < 4.78 is 40.4. The van der Waals surface area contributed by atoms with Crippen LogP contribution < -0.4 is 0 Å². The minimum absolute atomic E-state index is 0.00142. The highest BCUT2D eigenvalue weighted by Gasteiger charge is 2.18. The van der Waals surface area contributed by atoms with E-state index < -0.39 is 29.0 Å². The zero-order valence-electron chi connectivity index (χ0n) is 9.88. The summed E-state index contributed by atoms with van der Waals surface area (Å²) in [6.07, 6.45) is 0. The molecule has 0 aliphatic heterocycles. The molecule has 1 N–H and O–H groups in total. The Morgan fingerprint density at radius 2 is 1.68 bits per heavy atom. The summed E-state index contributed by atoms with van der Waals surface area (Å²) in [7, 11) is 0. The van der Waals surface area contributed by atoms with Gasteiger partial charge in [-0.05, 0) is 42.3 Å². The lowest BCUT2D eigenvalue weighted by atomic mass is 9.97. The van der Waals surface area contributed by atoms with Gasteiger partial charge < -0.3 is 5.11 Å². The second-order valence-corrected chi connectivity index (χ2v) is 4.05. The third-order valence-corrected chi connectivity index (χ3v) is 2.79. The van der Waals surface area contributed by atoms with Crippen LogP contribution in [-0.2, 0) is 0 Å². The van der Waals surface area contributed by atoms with Gasteiger partial charge in [0.15, 0.2) is 11.6 Å². The third kappa shape index (κ3) is 2.31. The molecule has 0 fully saturated rings. The van der Waals surface area contributed by atoms with Gasteiger partial charge in [-0.1, -0.05) is 6.07 Å². The Bertz CT molecular complexity index is 666. The molecule has 0 aliphatic rings. The van der Waals surface area contributed by atoms with Crippen molar-refractivity contribution >= 4 is 5.97 Å². The van der Waals surface area contributed by atoms with E-state index in [9.17, 15) is 18.0 Å².